The molecule has 0 saturated heterocycles. The lowest BCUT2D eigenvalue weighted by molar-refractivity contribution is 0.275. The van der Waals surface area contributed by atoms with E-state index in [0.717, 1.165) is 16.9 Å². The highest BCUT2D eigenvalue weighted by Gasteiger charge is 2.13. The molecule has 0 heterocycles. The van der Waals surface area contributed by atoms with Crippen LogP contribution in [-0.4, -0.2) is 19.9 Å². The maximum atomic E-state index is 5.86. The van der Waals surface area contributed by atoms with Gasteiger partial charge in [-0.1, -0.05) is 25.1 Å². The second-order valence-corrected chi connectivity index (χ2v) is 4.50. The van der Waals surface area contributed by atoms with Crippen LogP contribution in [0.2, 0.25) is 0 Å². The monoisotopic (exact) mass is 191 g/mol. The molecule has 0 aromatic heterocycles. The van der Waals surface area contributed by atoms with Crippen molar-refractivity contribution in [2.75, 3.05) is 6.61 Å². The smallest absolute Gasteiger partial charge is 0.131 e. The first-order valence-electron chi connectivity index (χ1n) is 4.88. The van der Waals surface area contributed by atoms with Crippen molar-refractivity contribution in [3.05, 3.63) is 29.3 Å². The molecule has 14 heavy (non-hydrogen) atoms. The van der Waals surface area contributed by atoms with Crippen molar-refractivity contribution in [2.24, 2.45) is 5.73 Å². The topological polar surface area (TPSA) is 35.2 Å². The van der Waals surface area contributed by atoms with E-state index in [-0.39, 0.29) is 5.44 Å². The third-order valence-electron chi connectivity index (χ3n) is 2.00. The molecule has 0 saturated carbocycles. The molecule has 76 valence electrons. The Balaban J connectivity index is 2.77. The second kappa shape index (κ2) is 4.05. The van der Waals surface area contributed by atoms with Crippen LogP contribution in [0.15, 0.2) is 18.2 Å². The molecule has 1 aromatic carbocycles. The summed E-state index contributed by atoms with van der Waals surface area (Å²) in [4.78, 5) is 0. The van der Waals surface area contributed by atoms with Crippen molar-refractivity contribution < 1.29 is 4.74 Å². The summed E-state index contributed by atoms with van der Waals surface area (Å²) >= 11 is 0. The van der Waals surface area contributed by atoms with Gasteiger partial charge in [0, 0.05) is 5.44 Å². The fraction of sp³-hybridized carbons (Fsp3) is 0.455. The lowest BCUT2D eigenvalue weighted by Crippen LogP contribution is -2.42. The summed E-state index contributed by atoms with van der Waals surface area (Å²) in [7, 11) is 1.96. The molecule has 1 unspecified atom stereocenters. The molecular weight excluding hydrogens is 173 g/mol. The minimum atomic E-state index is -0.283. The molecule has 0 aliphatic carbocycles. The van der Waals surface area contributed by atoms with Crippen molar-refractivity contribution >= 4 is 7.85 Å². The molecule has 0 spiro atoms. The van der Waals surface area contributed by atoms with E-state index >= 15 is 0 Å². The predicted octanol–water partition coefficient (Wildman–Crippen LogP) is 0.990. The van der Waals surface area contributed by atoms with Crippen molar-refractivity contribution in [3.63, 3.8) is 0 Å². The molecule has 0 bridgehead atoms. The number of benzene rings is 1. The van der Waals surface area contributed by atoms with Gasteiger partial charge in [-0.2, -0.15) is 0 Å². The first-order valence-corrected chi connectivity index (χ1v) is 4.88. The van der Waals surface area contributed by atoms with Gasteiger partial charge in [-0.3, -0.25) is 0 Å². The Hall–Kier alpha value is -0.955. The second-order valence-electron chi connectivity index (χ2n) is 4.50. The largest absolute Gasteiger partial charge is 0.492 e. The Morgan fingerprint density at radius 1 is 1.36 bits per heavy atom. The zero-order valence-corrected chi connectivity index (χ0v) is 9.42. The number of nitrogens with two attached hydrogens (primary N) is 1. The average Bonchev–Trinajstić information content (AvgIpc) is 2.01. The molecule has 2 nitrogen and oxygen atoms in total. The van der Waals surface area contributed by atoms with E-state index in [1.54, 1.807) is 0 Å². The van der Waals surface area contributed by atoms with Crippen LogP contribution >= 0.6 is 0 Å². The maximum Gasteiger partial charge on any atom is 0.131 e. The predicted molar refractivity (Wildman–Crippen MR) is 62.5 cm³/mol. The van der Waals surface area contributed by atoms with Crippen LogP contribution in [0.1, 0.15) is 18.1 Å². The highest BCUT2D eigenvalue weighted by atomic mass is 16.5. The van der Waals surface area contributed by atoms with Gasteiger partial charge in [-0.15, -0.1) is 0 Å². The zero-order chi connectivity index (χ0) is 10.8. The standard InChI is InChI=1S/C11H18BNO/c1-8-5-4-6-9(2)10(8)14-7-11(3,12)13/h4-6H,7,12-13H2,1-3H3. The van der Waals surface area contributed by atoms with Crippen molar-refractivity contribution in [1.29, 1.82) is 0 Å². The summed E-state index contributed by atoms with van der Waals surface area (Å²) < 4.78 is 5.71. The summed E-state index contributed by atoms with van der Waals surface area (Å²) in [5, 5.41) is 0. The van der Waals surface area contributed by atoms with Crippen LogP contribution < -0.4 is 10.5 Å². The molecule has 0 radical (unpaired) electrons. The van der Waals surface area contributed by atoms with E-state index < -0.39 is 0 Å². The summed E-state index contributed by atoms with van der Waals surface area (Å²) in [5.74, 6) is 0.964. The Morgan fingerprint density at radius 2 is 1.86 bits per heavy atom. The summed E-state index contributed by atoms with van der Waals surface area (Å²) in [5.41, 5.74) is 7.90. The van der Waals surface area contributed by atoms with Gasteiger partial charge >= 0.3 is 0 Å². The van der Waals surface area contributed by atoms with Gasteiger partial charge in [0.1, 0.15) is 13.6 Å². The van der Waals surface area contributed by atoms with Crippen molar-refractivity contribution in [1.82, 2.24) is 0 Å². The highest BCUT2D eigenvalue weighted by Crippen LogP contribution is 2.22. The third kappa shape index (κ3) is 3.07. The van der Waals surface area contributed by atoms with Gasteiger partial charge in [0.25, 0.3) is 0 Å². The molecule has 2 N–H and O–H groups in total. The number of ether oxygens (including phenoxy) is 1. The fourth-order valence-electron chi connectivity index (χ4n) is 1.29. The lowest BCUT2D eigenvalue weighted by atomic mass is 9.82. The van der Waals surface area contributed by atoms with Crippen molar-refractivity contribution in [3.8, 4) is 5.75 Å². The molecular formula is C11H18BNO. The minimum absolute atomic E-state index is 0.283. The molecule has 1 aromatic rings. The van der Waals surface area contributed by atoms with Crippen LogP contribution in [0.3, 0.4) is 0 Å². The first kappa shape index (κ1) is 11.1. The normalized spacial score (nSPS) is 14.9. The third-order valence-corrected chi connectivity index (χ3v) is 2.00. The Labute approximate surface area is 86.9 Å². The van der Waals surface area contributed by atoms with E-state index in [4.69, 9.17) is 10.5 Å². The van der Waals surface area contributed by atoms with Gasteiger partial charge in [0.15, 0.2) is 0 Å². The number of hydrogen-bond donors (Lipinski definition) is 1. The van der Waals surface area contributed by atoms with E-state index in [1.165, 1.54) is 0 Å². The summed E-state index contributed by atoms with van der Waals surface area (Å²) in [6.45, 7) is 6.59. The van der Waals surface area contributed by atoms with E-state index in [2.05, 4.69) is 0 Å². The Bertz CT molecular complexity index is 297. The fourth-order valence-corrected chi connectivity index (χ4v) is 1.29. The first-order chi connectivity index (χ1) is 6.40. The zero-order valence-electron chi connectivity index (χ0n) is 9.42. The van der Waals surface area contributed by atoms with Crippen LogP contribution in [0.4, 0.5) is 0 Å². The van der Waals surface area contributed by atoms with Crippen LogP contribution in [-0.2, 0) is 0 Å². The average molecular weight is 191 g/mol. The quantitative estimate of drug-likeness (QED) is 0.723. The van der Waals surface area contributed by atoms with E-state index in [0.29, 0.717) is 6.61 Å². The SMILES string of the molecule is BC(C)(N)COc1c(C)cccc1C. The lowest BCUT2D eigenvalue weighted by Gasteiger charge is -2.21. The molecule has 0 fully saturated rings. The molecule has 1 rings (SSSR count). The minimum Gasteiger partial charge on any atom is -0.492 e. The number of aryl methyl sites for hydroxylation is 2. The number of hydrogen-bond acceptors (Lipinski definition) is 2. The van der Waals surface area contributed by atoms with Gasteiger partial charge in [-0.05, 0) is 25.0 Å². The number of rotatable bonds is 3. The molecule has 0 aliphatic heterocycles. The highest BCUT2D eigenvalue weighted by molar-refractivity contribution is 6.14. The molecule has 0 aliphatic rings. The molecule has 3 heteroatoms. The summed E-state index contributed by atoms with van der Waals surface area (Å²) in [6, 6.07) is 6.13. The van der Waals surface area contributed by atoms with Gasteiger partial charge in [-0.25, -0.2) is 0 Å². The Morgan fingerprint density at radius 3 is 2.29 bits per heavy atom. The maximum absolute atomic E-state index is 5.86. The molecule has 0 amide bonds. The van der Waals surface area contributed by atoms with Crippen LogP contribution in [0.25, 0.3) is 0 Å². The van der Waals surface area contributed by atoms with Crippen molar-refractivity contribution in [2.45, 2.75) is 26.2 Å². The van der Waals surface area contributed by atoms with E-state index in [1.807, 2.05) is 46.8 Å². The van der Waals surface area contributed by atoms with Gasteiger partial charge in [0.05, 0.1) is 6.61 Å². The summed E-state index contributed by atoms with van der Waals surface area (Å²) in [6.07, 6.45) is 0. The van der Waals surface area contributed by atoms with E-state index in [9.17, 15) is 0 Å². The Kier molecular flexibility index (Phi) is 3.22. The van der Waals surface area contributed by atoms with Gasteiger partial charge < -0.3 is 10.5 Å². The van der Waals surface area contributed by atoms with Gasteiger partial charge in [0.2, 0.25) is 0 Å². The number of para-hydroxylation sites is 1. The van der Waals surface area contributed by atoms with Crippen LogP contribution in [0.5, 0.6) is 5.75 Å². The van der Waals surface area contributed by atoms with Crippen LogP contribution in [0, 0.1) is 13.8 Å². The molecule has 1 atom stereocenters.